The molecule has 1 N–H and O–H groups in total. The summed E-state index contributed by atoms with van der Waals surface area (Å²) in [4.78, 5) is 4.30. The smallest absolute Gasteiger partial charge is 0.0702 e. The van der Waals surface area contributed by atoms with Crippen molar-refractivity contribution in [2.24, 2.45) is 0 Å². The van der Waals surface area contributed by atoms with Crippen LogP contribution in [0, 0.1) is 0 Å². The average molecular weight is 185 g/mol. The van der Waals surface area contributed by atoms with Crippen molar-refractivity contribution < 1.29 is 5.11 Å². The molecule has 0 bridgehead atoms. The highest BCUT2D eigenvalue weighted by molar-refractivity contribution is 5.80. The van der Waals surface area contributed by atoms with Gasteiger partial charge in [0, 0.05) is 11.6 Å². The topological polar surface area (TPSA) is 33.1 Å². The van der Waals surface area contributed by atoms with Gasteiger partial charge in [0.05, 0.1) is 12.1 Å². The average Bonchev–Trinajstić information content (AvgIpc) is 2.26. The lowest BCUT2D eigenvalue weighted by Gasteiger charge is -1.97. The van der Waals surface area contributed by atoms with Gasteiger partial charge >= 0.3 is 0 Å². The number of rotatable bonds is 2. The summed E-state index contributed by atoms with van der Waals surface area (Å²) in [5.74, 6) is 0. The van der Waals surface area contributed by atoms with Gasteiger partial charge in [-0.05, 0) is 17.7 Å². The van der Waals surface area contributed by atoms with E-state index in [-0.39, 0.29) is 6.61 Å². The molecule has 0 fully saturated rings. The lowest BCUT2D eigenvalue weighted by atomic mass is 10.1. The van der Waals surface area contributed by atoms with E-state index in [0.29, 0.717) is 0 Å². The van der Waals surface area contributed by atoms with Crippen LogP contribution in [0.1, 0.15) is 5.56 Å². The van der Waals surface area contributed by atoms with Crippen molar-refractivity contribution >= 4 is 17.0 Å². The minimum absolute atomic E-state index is 0.0623. The van der Waals surface area contributed by atoms with Crippen molar-refractivity contribution in [1.29, 1.82) is 0 Å². The van der Waals surface area contributed by atoms with E-state index in [4.69, 9.17) is 5.11 Å². The quantitative estimate of drug-likeness (QED) is 0.778. The monoisotopic (exact) mass is 185 g/mol. The summed E-state index contributed by atoms with van der Waals surface area (Å²) in [7, 11) is 0. The predicted octanol–water partition coefficient (Wildman–Crippen LogP) is 2.24. The number of aliphatic hydroxyl groups excluding tert-OH is 1. The molecular weight excluding hydrogens is 174 g/mol. The zero-order valence-corrected chi connectivity index (χ0v) is 7.72. The molecule has 0 aliphatic heterocycles. The van der Waals surface area contributed by atoms with Crippen LogP contribution in [-0.4, -0.2) is 16.7 Å². The van der Waals surface area contributed by atoms with Gasteiger partial charge in [0.2, 0.25) is 0 Å². The third-order valence-electron chi connectivity index (χ3n) is 2.03. The maximum atomic E-state index is 8.63. The number of fused-ring (bicyclic) bond motifs is 1. The SMILES string of the molecule is OC/C=C\c1cnc2ccccc2c1. The number of aliphatic hydroxyl groups is 1. The Hall–Kier alpha value is -1.67. The van der Waals surface area contributed by atoms with Crippen LogP contribution in [0.2, 0.25) is 0 Å². The van der Waals surface area contributed by atoms with Crippen LogP contribution >= 0.6 is 0 Å². The molecule has 0 aliphatic carbocycles. The predicted molar refractivity (Wildman–Crippen MR) is 57.9 cm³/mol. The van der Waals surface area contributed by atoms with Crippen molar-refractivity contribution in [3.63, 3.8) is 0 Å². The van der Waals surface area contributed by atoms with Gasteiger partial charge in [-0.1, -0.05) is 30.4 Å². The van der Waals surface area contributed by atoms with Gasteiger partial charge in [-0.15, -0.1) is 0 Å². The first-order chi connectivity index (χ1) is 6.90. The molecular formula is C12H11NO. The number of aromatic nitrogens is 1. The molecule has 0 spiro atoms. The highest BCUT2D eigenvalue weighted by Gasteiger charge is 1.93. The summed E-state index contributed by atoms with van der Waals surface area (Å²) in [6, 6.07) is 10.0. The summed E-state index contributed by atoms with van der Waals surface area (Å²) in [6.07, 6.45) is 5.36. The summed E-state index contributed by atoms with van der Waals surface area (Å²) in [6.45, 7) is 0.0623. The fourth-order valence-electron chi connectivity index (χ4n) is 1.37. The fraction of sp³-hybridized carbons (Fsp3) is 0.0833. The minimum atomic E-state index is 0.0623. The van der Waals surface area contributed by atoms with Gasteiger partial charge in [0.25, 0.3) is 0 Å². The molecule has 0 radical (unpaired) electrons. The first-order valence-corrected chi connectivity index (χ1v) is 4.52. The Morgan fingerprint density at radius 1 is 1.29 bits per heavy atom. The first-order valence-electron chi connectivity index (χ1n) is 4.52. The van der Waals surface area contributed by atoms with Crippen molar-refractivity contribution in [2.45, 2.75) is 0 Å². The standard InChI is InChI=1S/C12H11NO/c14-7-3-4-10-8-11-5-1-2-6-12(11)13-9-10/h1-6,8-9,14H,7H2/b4-3-. The Morgan fingerprint density at radius 3 is 3.00 bits per heavy atom. The number of pyridine rings is 1. The highest BCUT2D eigenvalue weighted by Crippen LogP contribution is 2.13. The highest BCUT2D eigenvalue weighted by atomic mass is 16.2. The van der Waals surface area contributed by atoms with E-state index in [1.807, 2.05) is 30.3 Å². The molecule has 0 saturated heterocycles. The van der Waals surface area contributed by atoms with Gasteiger partial charge < -0.3 is 5.11 Å². The van der Waals surface area contributed by atoms with Crippen LogP contribution in [0.4, 0.5) is 0 Å². The van der Waals surface area contributed by atoms with Crippen molar-refractivity contribution in [3.05, 3.63) is 48.2 Å². The fourth-order valence-corrected chi connectivity index (χ4v) is 1.37. The lowest BCUT2D eigenvalue weighted by Crippen LogP contribution is -1.80. The van der Waals surface area contributed by atoms with Gasteiger partial charge in [-0.25, -0.2) is 0 Å². The molecule has 70 valence electrons. The normalized spacial score (nSPS) is 11.2. The third-order valence-corrected chi connectivity index (χ3v) is 2.03. The molecule has 1 heterocycles. The zero-order chi connectivity index (χ0) is 9.80. The van der Waals surface area contributed by atoms with E-state index in [0.717, 1.165) is 16.5 Å². The van der Waals surface area contributed by atoms with E-state index in [9.17, 15) is 0 Å². The van der Waals surface area contributed by atoms with Crippen molar-refractivity contribution in [3.8, 4) is 0 Å². The Kier molecular flexibility index (Phi) is 2.56. The van der Waals surface area contributed by atoms with Crippen LogP contribution < -0.4 is 0 Å². The molecule has 2 heteroatoms. The van der Waals surface area contributed by atoms with Gasteiger partial charge in [0.1, 0.15) is 0 Å². The number of nitrogens with zero attached hydrogens (tertiary/aromatic N) is 1. The molecule has 0 atom stereocenters. The Morgan fingerprint density at radius 2 is 2.14 bits per heavy atom. The number of hydrogen-bond acceptors (Lipinski definition) is 2. The summed E-state index contributed by atoms with van der Waals surface area (Å²) in [5, 5.41) is 9.75. The number of hydrogen-bond donors (Lipinski definition) is 1. The van der Waals surface area contributed by atoms with E-state index >= 15 is 0 Å². The van der Waals surface area contributed by atoms with E-state index in [1.165, 1.54) is 0 Å². The summed E-state index contributed by atoms with van der Waals surface area (Å²) in [5.41, 5.74) is 2.01. The van der Waals surface area contributed by atoms with E-state index in [1.54, 1.807) is 12.3 Å². The van der Waals surface area contributed by atoms with Gasteiger partial charge in [-0.2, -0.15) is 0 Å². The first kappa shape index (κ1) is 8.91. The molecule has 2 aromatic rings. The summed E-state index contributed by atoms with van der Waals surface area (Å²) >= 11 is 0. The van der Waals surface area contributed by atoms with Crippen LogP contribution in [0.15, 0.2) is 42.6 Å². The second kappa shape index (κ2) is 4.03. The molecule has 0 unspecified atom stereocenters. The molecule has 14 heavy (non-hydrogen) atoms. The number of benzene rings is 1. The van der Waals surface area contributed by atoms with Crippen LogP contribution in [-0.2, 0) is 0 Å². The summed E-state index contributed by atoms with van der Waals surface area (Å²) < 4.78 is 0. The van der Waals surface area contributed by atoms with Crippen LogP contribution in [0.25, 0.3) is 17.0 Å². The lowest BCUT2D eigenvalue weighted by molar-refractivity contribution is 0.343. The Labute approximate surface area is 82.5 Å². The molecule has 2 nitrogen and oxygen atoms in total. The maximum Gasteiger partial charge on any atom is 0.0702 e. The largest absolute Gasteiger partial charge is 0.392 e. The van der Waals surface area contributed by atoms with Crippen LogP contribution in [0.5, 0.6) is 0 Å². The zero-order valence-electron chi connectivity index (χ0n) is 7.72. The molecule has 0 aliphatic rings. The molecule has 1 aromatic heterocycles. The van der Waals surface area contributed by atoms with Crippen LogP contribution in [0.3, 0.4) is 0 Å². The molecule has 2 rings (SSSR count). The molecule has 0 saturated carbocycles. The Bertz CT molecular complexity index is 463. The number of para-hydroxylation sites is 1. The maximum absolute atomic E-state index is 8.63. The third kappa shape index (κ3) is 1.80. The second-order valence-corrected chi connectivity index (χ2v) is 3.05. The second-order valence-electron chi connectivity index (χ2n) is 3.05. The van der Waals surface area contributed by atoms with Crippen molar-refractivity contribution in [2.75, 3.05) is 6.61 Å². The molecule has 1 aromatic carbocycles. The minimum Gasteiger partial charge on any atom is -0.392 e. The van der Waals surface area contributed by atoms with Gasteiger partial charge in [0.15, 0.2) is 0 Å². The van der Waals surface area contributed by atoms with Crippen molar-refractivity contribution in [1.82, 2.24) is 4.98 Å². The Balaban J connectivity index is 2.46. The van der Waals surface area contributed by atoms with E-state index < -0.39 is 0 Å². The molecule has 0 amide bonds. The van der Waals surface area contributed by atoms with E-state index in [2.05, 4.69) is 11.1 Å². The van der Waals surface area contributed by atoms with Gasteiger partial charge in [-0.3, -0.25) is 4.98 Å².